The van der Waals surface area contributed by atoms with Crippen LogP contribution < -0.4 is 20.5 Å². The highest BCUT2D eigenvalue weighted by Gasteiger charge is 2.07. The molecule has 0 atom stereocenters. The van der Waals surface area contributed by atoms with E-state index in [1.807, 2.05) is 42.5 Å². The second kappa shape index (κ2) is 8.93. The Morgan fingerprint density at radius 1 is 0.913 bits per heavy atom. The summed E-state index contributed by atoms with van der Waals surface area (Å²) in [6.07, 6.45) is 1.94. The lowest BCUT2D eigenvalue weighted by atomic mass is 10.2. The van der Waals surface area contributed by atoms with Crippen LogP contribution in [-0.2, 0) is 6.54 Å². The molecule has 2 aromatic carbocycles. The van der Waals surface area contributed by atoms with E-state index < -0.39 is 0 Å². The van der Waals surface area contributed by atoms with Gasteiger partial charge in [-0.15, -0.1) is 0 Å². The molecule has 2 rings (SSSR count). The van der Waals surface area contributed by atoms with E-state index in [-0.39, 0.29) is 0 Å². The third-order valence-electron chi connectivity index (χ3n) is 3.41. The summed E-state index contributed by atoms with van der Waals surface area (Å²) in [6, 6.07) is 13.8. The highest BCUT2D eigenvalue weighted by atomic mass is 16.5. The van der Waals surface area contributed by atoms with Gasteiger partial charge in [0, 0.05) is 24.0 Å². The number of hydrogen-bond donors (Lipinski definition) is 2. The second-order valence-electron chi connectivity index (χ2n) is 5.41. The number of nitrogens with two attached hydrogens (primary N) is 1. The topological polar surface area (TPSA) is 56.5 Å². The van der Waals surface area contributed by atoms with Gasteiger partial charge in [-0.3, -0.25) is 0 Å². The predicted octanol–water partition coefficient (Wildman–Crippen LogP) is 4.46. The minimum Gasteiger partial charge on any atom is -0.490 e. The Kier molecular flexibility index (Phi) is 6.60. The maximum Gasteiger partial charge on any atom is 0.163 e. The van der Waals surface area contributed by atoms with E-state index in [4.69, 9.17) is 15.2 Å². The van der Waals surface area contributed by atoms with Crippen molar-refractivity contribution in [3.8, 4) is 11.5 Å². The number of benzene rings is 2. The number of rotatable bonds is 9. The fourth-order valence-electron chi connectivity index (χ4n) is 2.17. The number of nitrogen functional groups attached to an aromatic ring is 1. The van der Waals surface area contributed by atoms with Gasteiger partial charge in [0.2, 0.25) is 0 Å². The number of hydrogen-bond acceptors (Lipinski definition) is 4. The van der Waals surface area contributed by atoms with Crippen LogP contribution in [0.4, 0.5) is 11.4 Å². The molecule has 0 saturated carbocycles. The summed E-state index contributed by atoms with van der Waals surface area (Å²) >= 11 is 0. The van der Waals surface area contributed by atoms with Crippen LogP contribution in [0.25, 0.3) is 0 Å². The molecule has 2 aromatic rings. The highest BCUT2D eigenvalue weighted by Crippen LogP contribution is 2.31. The van der Waals surface area contributed by atoms with Crippen molar-refractivity contribution in [1.29, 1.82) is 0 Å². The van der Waals surface area contributed by atoms with Gasteiger partial charge in [-0.05, 0) is 36.6 Å². The molecule has 0 spiro atoms. The minimum absolute atomic E-state index is 0.676. The summed E-state index contributed by atoms with van der Waals surface area (Å²) in [5, 5.41) is 3.39. The highest BCUT2D eigenvalue weighted by molar-refractivity contribution is 5.56. The normalized spacial score (nSPS) is 10.3. The Balaban J connectivity index is 2.07. The van der Waals surface area contributed by atoms with Gasteiger partial charge in [-0.2, -0.15) is 0 Å². The SMILES string of the molecule is CCCOc1ccc(NCc2ccccc2N)cc1OCCC. The Morgan fingerprint density at radius 3 is 2.30 bits per heavy atom. The van der Waals surface area contributed by atoms with E-state index >= 15 is 0 Å². The number of para-hydroxylation sites is 1. The van der Waals surface area contributed by atoms with Crippen molar-refractivity contribution in [2.24, 2.45) is 0 Å². The maximum atomic E-state index is 5.97. The fourth-order valence-corrected chi connectivity index (χ4v) is 2.17. The molecule has 0 aromatic heterocycles. The molecule has 4 nitrogen and oxygen atoms in total. The molecule has 0 heterocycles. The molecular weight excluding hydrogens is 288 g/mol. The Bertz CT molecular complexity index is 614. The van der Waals surface area contributed by atoms with Gasteiger partial charge in [0.1, 0.15) is 0 Å². The lowest BCUT2D eigenvalue weighted by Gasteiger charge is -2.15. The smallest absolute Gasteiger partial charge is 0.163 e. The van der Waals surface area contributed by atoms with E-state index in [0.717, 1.165) is 41.3 Å². The molecule has 0 unspecified atom stereocenters. The molecule has 0 saturated heterocycles. The Hall–Kier alpha value is -2.36. The Morgan fingerprint density at radius 2 is 1.61 bits per heavy atom. The van der Waals surface area contributed by atoms with Crippen molar-refractivity contribution in [1.82, 2.24) is 0 Å². The molecule has 124 valence electrons. The molecule has 0 aliphatic carbocycles. The predicted molar refractivity (Wildman–Crippen MR) is 96.2 cm³/mol. The molecule has 4 heteroatoms. The summed E-state index contributed by atoms with van der Waals surface area (Å²) in [7, 11) is 0. The summed E-state index contributed by atoms with van der Waals surface area (Å²) in [6.45, 7) is 6.22. The average molecular weight is 314 g/mol. The summed E-state index contributed by atoms with van der Waals surface area (Å²) in [5.41, 5.74) is 8.84. The summed E-state index contributed by atoms with van der Waals surface area (Å²) in [5.74, 6) is 1.58. The van der Waals surface area contributed by atoms with E-state index in [1.165, 1.54) is 0 Å². The van der Waals surface area contributed by atoms with Crippen LogP contribution in [0.3, 0.4) is 0 Å². The van der Waals surface area contributed by atoms with Gasteiger partial charge < -0.3 is 20.5 Å². The van der Waals surface area contributed by atoms with Crippen molar-refractivity contribution in [2.75, 3.05) is 24.3 Å². The largest absolute Gasteiger partial charge is 0.490 e. The van der Waals surface area contributed by atoms with Gasteiger partial charge in [0.05, 0.1) is 13.2 Å². The molecule has 0 amide bonds. The third kappa shape index (κ3) is 5.09. The van der Waals surface area contributed by atoms with Crippen LogP contribution in [-0.4, -0.2) is 13.2 Å². The first-order valence-electron chi connectivity index (χ1n) is 8.21. The molecular formula is C19H26N2O2. The minimum atomic E-state index is 0.676. The molecule has 0 fully saturated rings. The molecule has 0 bridgehead atoms. The lowest BCUT2D eigenvalue weighted by Crippen LogP contribution is -2.05. The molecule has 0 aliphatic heterocycles. The second-order valence-corrected chi connectivity index (χ2v) is 5.41. The van der Waals surface area contributed by atoms with Crippen LogP contribution >= 0.6 is 0 Å². The van der Waals surface area contributed by atoms with Gasteiger partial charge in [0.15, 0.2) is 11.5 Å². The van der Waals surface area contributed by atoms with Crippen LogP contribution in [0.2, 0.25) is 0 Å². The summed E-state index contributed by atoms with van der Waals surface area (Å²) in [4.78, 5) is 0. The van der Waals surface area contributed by atoms with Gasteiger partial charge in [0.25, 0.3) is 0 Å². The third-order valence-corrected chi connectivity index (χ3v) is 3.41. The first-order valence-corrected chi connectivity index (χ1v) is 8.21. The van der Waals surface area contributed by atoms with E-state index in [9.17, 15) is 0 Å². The van der Waals surface area contributed by atoms with Crippen molar-refractivity contribution in [3.63, 3.8) is 0 Å². The first kappa shape index (κ1) is 17.0. The molecule has 3 N–H and O–H groups in total. The fraction of sp³-hybridized carbons (Fsp3) is 0.368. The zero-order valence-corrected chi connectivity index (χ0v) is 14.0. The van der Waals surface area contributed by atoms with Gasteiger partial charge >= 0.3 is 0 Å². The molecule has 23 heavy (non-hydrogen) atoms. The number of nitrogens with one attached hydrogen (secondary N) is 1. The van der Waals surface area contributed by atoms with E-state index in [1.54, 1.807) is 0 Å². The van der Waals surface area contributed by atoms with E-state index in [2.05, 4.69) is 19.2 Å². The molecule has 0 radical (unpaired) electrons. The van der Waals surface area contributed by atoms with Gasteiger partial charge in [-0.1, -0.05) is 32.0 Å². The van der Waals surface area contributed by atoms with E-state index in [0.29, 0.717) is 19.8 Å². The average Bonchev–Trinajstić information content (AvgIpc) is 2.58. The van der Waals surface area contributed by atoms with Crippen molar-refractivity contribution < 1.29 is 9.47 Å². The van der Waals surface area contributed by atoms with Crippen molar-refractivity contribution in [2.45, 2.75) is 33.2 Å². The quantitative estimate of drug-likeness (QED) is 0.671. The lowest BCUT2D eigenvalue weighted by molar-refractivity contribution is 0.268. The number of anilines is 2. The monoisotopic (exact) mass is 314 g/mol. The summed E-state index contributed by atoms with van der Waals surface area (Å²) < 4.78 is 11.6. The number of ether oxygens (including phenoxy) is 2. The van der Waals surface area contributed by atoms with Crippen LogP contribution in [0, 0.1) is 0 Å². The van der Waals surface area contributed by atoms with Crippen molar-refractivity contribution in [3.05, 3.63) is 48.0 Å². The van der Waals surface area contributed by atoms with Crippen LogP contribution in [0.5, 0.6) is 11.5 Å². The van der Waals surface area contributed by atoms with Crippen molar-refractivity contribution >= 4 is 11.4 Å². The zero-order valence-electron chi connectivity index (χ0n) is 14.0. The molecule has 0 aliphatic rings. The standard InChI is InChI=1S/C19H26N2O2/c1-3-11-22-18-10-9-16(13-19(18)23-12-4-2)21-14-15-7-5-6-8-17(15)20/h5-10,13,21H,3-4,11-12,14,20H2,1-2H3. The maximum absolute atomic E-state index is 5.97. The van der Waals surface area contributed by atoms with Gasteiger partial charge in [-0.25, -0.2) is 0 Å². The Labute approximate surface area is 138 Å². The van der Waals surface area contributed by atoms with Crippen LogP contribution in [0.15, 0.2) is 42.5 Å². The first-order chi connectivity index (χ1) is 11.2. The van der Waals surface area contributed by atoms with Crippen LogP contribution in [0.1, 0.15) is 32.3 Å². The zero-order chi connectivity index (χ0) is 16.5.